The molecule has 0 saturated heterocycles. The number of carboxylic acids is 1. The first-order valence-corrected chi connectivity index (χ1v) is 14.0. The Morgan fingerprint density at radius 1 is 1.08 bits per heavy atom. The Hall–Kier alpha value is -4.15. The molecule has 1 aliphatic heterocycles. The second-order valence-corrected chi connectivity index (χ2v) is 11.2. The number of carboxylic acid groups (broad SMARTS) is 1. The third kappa shape index (κ3) is 5.97. The monoisotopic (exact) mass is 547 g/mol. The highest BCUT2D eigenvalue weighted by molar-refractivity contribution is 7.90. The van der Waals surface area contributed by atoms with Crippen LogP contribution in [0, 0.1) is 6.92 Å². The van der Waals surface area contributed by atoms with Crippen molar-refractivity contribution < 1.29 is 27.5 Å². The lowest BCUT2D eigenvalue weighted by molar-refractivity contribution is -0.137. The molecule has 0 atom stereocenters. The molecule has 4 aromatic rings. The van der Waals surface area contributed by atoms with Crippen LogP contribution in [0.15, 0.2) is 83.3 Å². The molecule has 39 heavy (non-hydrogen) atoms. The lowest BCUT2D eigenvalue weighted by Gasteiger charge is -2.34. The molecule has 202 valence electrons. The van der Waals surface area contributed by atoms with Crippen molar-refractivity contribution in [3.05, 3.63) is 101 Å². The fourth-order valence-electron chi connectivity index (χ4n) is 4.60. The average Bonchev–Trinajstić information content (AvgIpc) is 3.32. The number of oxazole rings is 1. The molecule has 0 spiro atoms. The minimum Gasteiger partial charge on any atom is -0.487 e. The third-order valence-electron chi connectivity index (χ3n) is 6.53. The summed E-state index contributed by atoms with van der Waals surface area (Å²) < 4.78 is 41.4. The Morgan fingerprint density at radius 2 is 1.85 bits per heavy atom. The molecule has 0 unspecified atom stereocenters. The van der Waals surface area contributed by atoms with Crippen molar-refractivity contribution in [3.8, 4) is 17.2 Å². The van der Waals surface area contributed by atoms with Crippen molar-refractivity contribution >= 4 is 21.9 Å². The number of para-hydroxylation sites is 1. The standard InChI is InChI=1S/C29H29N3O6S/c1-21-26(30-29(38-21)24-11-3-2-4-12-24)20-37-25-14-7-9-22(17-25)18-31(19-28(33)34)39(35,36)32-16-8-13-23-10-5-6-15-27(23)32/h2-7,9-12,14-15,17H,8,13,16,18-20H2,1H3,(H,33,34). The second-order valence-electron chi connectivity index (χ2n) is 9.30. The molecule has 5 rings (SSSR count). The second kappa shape index (κ2) is 11.3. The summed E-state index contributed by atoms with van der Waals surface area (Å²) in [6, 6.07) is 23.9. The van der Waals surface area contributed by atoms with E-state index in [1.54, 1.807) is 36.4 Å². The van der Waals surface area contributed by atoms with E-state index in [9.17, 15) is 18.3 Å². The summed E-state index contributed by atoms with van der Waals surface area (Å²) in [6.07, 6.45) is 1.44. The maximum absolute atomic E-state index is 13.7. The summed E-state index contributed by atoms with van der Waals surface area (Å²) >= 11 is 0. The van der Waals surface area contributed by atoms with Crippen LogP contribution < -0.4 is 9.04 Å². The fraction of sp³-hybridized carbons (Fsp3) is 0.241. The van der Waals surface area contributed by atoms with Gasteiger partial charge in [0.1, 0.15) is 30.4 Å². The number of hydrogen-bond donors (Lipinski definition) is 1. The van der Waals surface area contributed by atoms with Crippen LogP contribution in [0.5, 0.6) is 5.75 Å². The van der Waals surface area contributed by atoms with Crippen molar-refractivity contribution in [3.63, 3.8) is 0 Å². The lowest BCUT2D eigenvalue weighted by Crippen LogP contribution is -2.47. The largest absolute Gasteiger partial charge is 0.487 e. The van der Waals surface area contributed by atoms with Gasteiger partial charge in [0.25, 0.3) is 0 Å². The van der Waals surface area contributed by atoms with E-state index in [-0.39, 0.29) is 13.2 Å². The quantitative estimate of drug-likeness (QED) is 0.303. The first-order chi connectivity index (χ1) is 18.8. The summed E-state index contributed by atoms with van der Waals surface area (Å²) in [7, 11) is -4.11. The van der Waals surface area contributed by atoms with Crippen LogP contribution in [0.25, 0.3) is 11.5 Å². The van der Waals surface area contributed by atoms with Gasteiger partial charge in [0, 0.05) is 18.7 Å². The molecule has 2 heterocycles. The van der Waals surface area contributed by atoms with Crippen molar-refractivity contribution in [2.45, 2.75) is 32.9 Å². The molecule has 0 aliphatic carbocycles. The molecule has 0 radical (unpaired) electrons. The van der Waals surface area contributed by atoms with Crippen molar-refractivity contribution in [2.24, 2.45) is 0 Å². The van der Waals surface area contributed by atoms with Gasteiger partial charge in [-0.3, -0.25) is 9.10 Å². The number of aromatic nitrogens is 1. The zero-order chi connectivity index (χ0) is 27.4. The number of ether oxygens (including phenoxy) is 1. The first-order valence-electron chi connectivity index (χ1n) is 12.6. The SMILES string of the molecule is Cc1oc(-c2ccccc2)nc1COc1cccc(CN(CC(=O)O)S(=O)(=O)N2CCCc3ccccc32)c1. The molecular formula is C29H29N3O6S. The highest BCUT2D eigenvalue weighted by Crippen LogP contribution is 2.31. The Labute approximate surface area is 227 Å². The number of benzene rings is 3. The smallest absolute Gasteiger partial charge is 0.318 e. The van der Waals surface area contributed by atoms with Gasteiger partial charge in [-0.25, -0.2) is 4.98 Å². The van der Waals surface area contributed by atoms with E-state index in [4.69, 9.17) is 9.15 Å². The number of aliphatic carboxylic acids is 1. The molecule has 10 heteroatoms. The van der Waals surface area contributed by atoms with Gasteiger partial charge >= 0.3 is 16.2 Å². The maximum atomic E-state index is 13.7. The van der Waals surface area contributed by atoms with Crippen molar-refractivity contribution in [2.75, 3.05) is 17.4 Å². The van der Waals surface area contributed by atoms with Crippen molar-refractivity contribution in [1.29, 1.82) is 0 Å². The third-order valence-corrected chi connectivity index (χ3v) is 8.38. The zero-order valence-electron chi connectivity index (χ0n) is 21.5. The van der Waals surface area contributed by atoms with Gasteiger partial charge in [0.2, 0.25) is 5.89 Å². The van der Waals surface area contributed by atoms with E-state index >= 15 is 0 Å². The minimum atomic E-state index is -4.11. The number of hydrogen-bond acceptors (Lipinski definition) is 6. The van der Waals surface area contributed by atoms with Crippen LogP contribution in [0.2, 0.25) is 0 Å². The van der Waals surface area contributed by atoms with Gasteiger partial charge in [0.05, 0.1) is 5.69 Å². The summed E-state index contributed by atoms with van der Waals surface area (Å²) in [4.78, 5) is 16.2. The number of carbonyl (C=O) groups is 1. The van der Waals surface area contributed by atoms with Crippen LogP contribution in [0.3, 0.4) is 0 Å². The number of fused-ring (bicyclic) bond motifs is 1. The number of rotatable bonds is 10. The molecule has 0 amide bonds. The molecule has 0 fully saturated rings. The Kier molecular flexibility index (Phi) is 7.67. The van der Waals surface area contributed by atoms with Crippen LogP contribution in [-0.2, 0) is 34.6 Å². The predicted molar refractivity (Wildman–Crippen MR) is 147 cm³/mol. The van der Waals surface area contributed by atoms with E-state index in [1.165, 1.54) is 4.31 Å². The minimum absolute atomic E-state index is 0.119. The number of anilines is 1. The van der Waals surface area contributed by atoms with Crippen LogP contribution >= 0.6 is 0 Å². The van der Waals surface area contributed by atoms with E-state index in [2.05, 4.69) is 4.98 Å². The van der Waals surface area contributed by atoms with Gasteiger partial charge in [-0.05, 0) is 61.2 Å². The first kappa shape index (κ1) is 26.5. The maximum Gasteiger partial charge on any atom is 0.318 e. The number of nitrogens with zero attached hydrogens (tertiary/aromatic N) is 3. The van der Waals surface area contributed by atoms with Crippen LogP contribution in [0.1, 0.15) is 29.0 Å². The van der Waals surface area contributed by atoms with E-state index in [0.29, 0.717) is 47.3 Å². The van der Waals surface area contributed by atoms with E-state index in [1.807, 2.05) is 49.4 Å². The molecular weight excluding hydrogens is 518 g/mol. The molecule has 9 nitrogen and oxygen atoms in total. The highest BCUT2D eigenvalue weighted by atomic mass is 32.2. The predicted octanol–water partition coefficient (Wildman–Crippen LogP) is 4.81. The zero-order valence-corrected chi connectivity index (χ0v) is 22.3. The van der Waals surface area contributed by atoms with E-state index < -0.39 is 22.7 Å². The molecule has 1 aliphatic rings. The summed E-state index contributed by atoms with van der Waals surface area (Å²) in [5.41, 5.74) is 3.64. The van der Waals surface area contributed by atoms with Crippen LogP contribution in [-0.4, -0.2) is 41.9 Å². The Balaban J connectivity index is 1.33. The van der Waals surface area contributed by atoms with Gasteiger partial charge in [-0.1, -0.05) is 48.5 Å². The van der Waals surface area contributed by atoms with Gasteiger partial charge in [-0.2, -0.15) is 12.7 Å². The van der Waals surface area contributed by atoms with Crippen molar-refractivity contribution in [1.82, 2.24) is 9.29 Å². The Morgan fingerprint density at radius 3 is 2.64 bits per heavy atom. The Bertz CT molecular complexity index is 1570. The summed E-state index contributed by atoms with van der Waals surface area (Å²) in [5, 5.41) is 9.53. The lowest BCUT2D eigenvalue weighted by atomic mass is 10.0. The molecule has 3 aromatic carbocycles. The normalized spacial score (nSPS) is 13.3. The van der Waals surface area contributed by atoms with Crippen LogP contribution in [0.4, 0.5) is 5.69 Å². The average molecular weight is 548 g/mol. The number of aryl methyl sites for hydroxylation is 2. The molecule has 1 N–H and O–H groups in total. The molecule has 0 bridgehead atoms. The summed E-state index contributed by atoms with van der Waals surface area (Å²) in [6.45, 7) is 1.49. The van der Waals surface area contributed by atoms with Gasteiger partial charge < -0.3 is 14.3 Å². The molecule has 1 aromatic heterocycles. The van der Waals surface area contributed by atoms with Gasteiger partial charge in [-0.15, -0.1) is 0 Å². The highest BCUT2D eigenvalue weighted by Gasteiger charge is 2.34. The summed E-state index contributed by atoms with van der Waals surface area (Å²) in [5.74, 6) is 0.430. The van der Waals surface area contributed by atoms with Gasteiger partial charge in [0.15, 0.2) is 0 Å². The molecule has 0 saturated carbocycles. The van der Waals surface area contributed by atoms with E-state index in [0.717, 1.165) is 21.9 Å². The topological polar surface area (TPSA) is 113 Å². The fourth-order valence-corrected chi connectivity index (χ4v) is 6.25.